The van der Waals surface area contributed by atoms with E-state index in [-0.39, 0.29) is 6.10 Å². The van der Waals surface area contributed by atoms with Gasteiger partial charge in [0.15, 0.2) is 0 Å². The van der Waals surface area contributed by atoms with Gasteiger partial charge in [-0.3, -0.25) is 0 Å². The molecule has 0 saturated heterocycles. The lowest BCUT2D eigenvalue weighted by Gasteiger charge is -2.40. The van der Waals surface area contributed by atoms with Crippen molar-refractivity contribution in [3.05, 3.63) is 22.8 Å². The summed E-state index contributed by atoms with van der Waals surface area (Å²) in [6, 6.07) is 0. The van der Waals surface area contributed by atoms with E-state index < -0.39 is 5.97 Å². The van der Waals surface area contributed by atoms with Crippen molar-refractivity contribution >= 4 is 5.97 Å². The van der Waals surface area contributed by atoms with Crippen molar-refractivity contribution in [1.29, 1.82) is 0 Å². The fourth-order valence-electron chi connectivity index (χ4n) is 3.58. The van der Waals surface area contributed by atoms with Crippen molar-refractivity contribution in [2.75, 3.05) is 7.11 Å². The number of fused-ring (bicyclic) bond motifs is 1. The van der Waals surface area contributed by atoms with Gasteiger partial charge in [-0.05, 0) is 38.0 Å². The number of rotatable bonds is 3. The van der Waals surface area contributed by atoms with Gasteiger partial charge >= 0.3 is 5.97 Å². The number of carboxylic acids is 1. The summed E-state index contributed by atoms with van der Waals surface area (Å²) in [5.41, 5.74) is 3.29. The van der Waals surface area contributed by atoms with Gasteiger partial charge in [0, 0.05) is 13.0 Å². The maximum atomic E-state index is 11.4. The van der Waals surface area contributed by atoms with Crippen LogP contribution in [0, 0.1) is 17.8 Å². The van der Waals surface area contributed by atoms with Gasteiger partial charge in [-0.15, -0.1) is 0 Å². The maximum Gasteiger partial charge on any atom is 0.333 e. The van der Waals surface area contributed by atoms with Crippen LogP contribution in [0.1, 0.15) is 40.0 Å². The first kappa shape index (κ1) is 14.3. The van der Waals surface area contributed by atoms with Crippen LogP contribution in [0.25, 0.3) is 0 Å². The molecule has 0 aromatic carbocycles. The number of hydrogen-bond acceptors (Lipinski definition) is 2. The minimum Gasteiger partial charge on any atom is -0.478 e. The highest BCUT2D eigenvalue weighted by molar-refractivity contribution is 5.88. The standard InChI is InChI=1S/C16H24O3/c1-9(2)11-6-5-10(3)12-8-15(19-4)14(16(17)18)7-13(11)12/h7,9,11,13,15H,5-6,8H2,1-4H3,(H,17,18)/t11-,13+,15-/m0/s1. The van der Waals surface area contributed by atoms with Crippen LogP contribution >= 0.6 is 0 Å². The molecule has 106 valence electrons. The summed E-state index contributed by atoms with van der Waals surface area (Å²) >= 11 is 0. The van der Waals surface area contributed by atoms with Gasteiger partial charge in [0.1, 0.15) is 0 Å². The summed E-state index contributed by atoms with van der Waals surface area (Å²) in [7, 11) is 1.60. The van der Waals surface area contributed by atoms with Crippen molar-refractivity contribution in [2.45, 2.75) is 46.1 Å². The molecule has 0 amide bonds. The quantitative estimate of drug-likeness (QED) is 0.794. The SMILES string of the molecule is CO[C@H]1CC2=C(C)CC[C@@H](C(C)C)[C@H]2C=C1C(=O)O. The summed E-state index contributed by atoms with van der Waals surface area (Å²) in [4.78, 5) is 11.4. The lowest BCUT2D eigenvalue weighted by Crippen LogP contribution is -2.34. The molecule has 2 rings (SSSR count). The topological polar surface area (TPSA) is 46.5 Å². The zero-order chi connectivity index (χ0) is 14.2. The molecule has 2 aliphatic carbocycles. The molecule has 0 unspecified atom stereocenters. The predicted octanol–water partition coefficient (Wildman–Crippen LogP) is 3.41. The molecule has 0 radical (unpaired) electrons. The molecular formula is C16H24O3. The van der Waals surface area contributed by atoms with E-state index >= 15 is 0 Å². The largest absolute Gasteiger partial charge is 0.478 e. The lowest BCUT2D eigenvalue weighted by molar-refractivity contribution is -0.134. The summed E-state index contributed by atoms with van der Waals surface area (Å²) in [6.07, 6.45) is 4.72. The zero-order valence-electron chi connectivity index (χ0n) is 12.3. The number of carboxylic acid groups (broad SMARTS) is 1. The highest BCUT2D eigenvalue weighted by Crippen LogP contribution is 2.45. The lowest BCUT2D eigenvalue weighted by atomic mass is 9.66. The van der Waals surface area contributed by atoms with E-state index in [1.54, 1.807) is 7.11 Å². The highest BCUT2D eigenvalue weighted by atomic mass is 16.5. The Morgan fingerprint density at radius 2 is 2.16 bits per heavy atom. The van der Waals surface area contributed by atoms with E-state index in [9.17, 15) is 9.90 Å². The Morgan fingerprint density at radius 3 is 2.68 bits per heavy atom. The average molecular weight is 264 g/mol. The van der Waals surface area contributed by atoms with Gasteiger partial charge in [-0.1, -0.05) is 31.1 Å². The Morgan fingerprint density at radius 1 is 1.47 bits per heavy atom. The molecule has 2 aliphatic rings. The third-order valence-corrected chi connectivity index (χ3v) is 4.76. The van der Waals surface area contributed by atoms with E-state index in [1.165, 1.54) is 17.6 Å². The molecule has 3 nitrogen and oxygen atoms in total. The van der Waals surface area contributed by atoms with Gasteiger partial charge in [0.2, 0.25) is 0 Å². The molecular weight excluding hydrogens is 240 g/mol. The number of allylic oxidation sites excluding steroid dienone is 2. The molecule has 0 fully saturated rings. The van der Waals surface area contributed by atoms with Crippen LogP contribution in [0.3, 0.4) is 0 Å². The molecule has 0 bridgehead atoms. The van der Waals surface area contributed by atoms with E-state index in [2.05, 4.69) is 20.8 Å². The van der Waals surface area contributed by atoms with E-state index in [0.29, 0.717) is 23.3 Å². The minimum absolute atomic E-state index is 0.287. The Labute approximate surface area is 115 Å². The highest BCUT2D eigenvalue weighted by Gasteiger charge is 2.38. The first-order chi connectivity index (χ1) is 8.95. The van der Waals surface area contributed by atoms with E-state index in [4.69, 9.17) is 4.74 Å². The number of hydrogen-bond donors (Lipinski definition) is 1. The molecule has 0 spiro atoms. The summed E-state index contributed by atoms with van der Waals surface area (Å²) in [5.74, 6) is 0.604. The van der Waals surface area contributed by atoms with Crippen molar-refractivity contribution in [3.8, 4) is 0 Å². The Hall–Kier alpha value is -1.09. The normalized spacial score (nSPS) is 31.2. The molecule has 0 aliphatic heterocycles. The van der Waals surface area contributed by atoms with Crippen LogP contribution in [-0.2, 0) is 9.53 Å². The second-order valence-electron chi connectivity index (χ2n) is 6.13. The summed E-state index contributed by atoms with van der Waals surface area (Å²) in [6.45, 7) is 6.66. The van der Waals surface area contributed by atoms with Crippen LogP contribution < -0.4 is 0 Å². The Kier molecular flexibility index (Phi) is 4.14. The van der Waals surface area contributed by atoms with Crippen LogP contribution in [0.2, 0.25) is 0 Å². The molecule has 3 heteroatoms. The maximum absolute atomic E-state index is 11.4. The van der Waals surface area contributed by atoms with Crippen molar-refractivity contribution in [3.63, 3.8) is 0 Å². The summed E-state index contributed by atoms with van der Waals surface area (Å²) < 4.78 is 5.37. The number of ether oxygens (including phenoxy) is 1. The molecule has 0 heterocycles. The van der Waals surface area contributed by atoms with Crippen molar-refractivity contribution in [2.24, 2.45) is 17.8 Å². The zero-order valence-corrected chi connectivity index (χ0v) is 12.3. The van der Waals surface area contributed by atoms with Crippen LogP contribution in [0.5, 0.6) is 0 Å². The first-order valence-corrected chi connectivity index (χ1v) is 7.12. The molecule has 0 aromatic rings. The monoisotopic (exact) mass is 264 g/mol. The van der Waals surface area contributed by atoms with E-state index in [0.717, 1.165) is 12.8 Å². The van der Waals surface area contributed by atoms with Gasteiger partial charge < -0.3 is 9.84 Å². The van der Waals surface area contributed by atoms with Gasteiger partial charge in [0.25, 0.3) is 0 Å². The molecule has 0 aromatic heterocycles. The van der Waals surface area contributed by atoms with Gasteiger partial charge in [-0.2, -0.15) is 0 Å². The third-order valence-electron chi connectivity index (χ3n) is 4.76. The van der Waals surface area contributed by atoms with E-state index in [1.807, 2.05) is 6.08 Å². The number of methoxy groups -OCH3 is 1. The minimum atomic E-state index is -0.836. The van der Waals surface area contributed by atoms with Crippen LogP contribution in [0.4, 0.5) is 0 Å². The second-order valence-corrected chi connectivity index (χ2v) is 6.13. The van der Waals surface area contributed by atoms with Gasteiger partial charge in [0.05, 0.1) is 11.7 Å². The second kappa shape index (κ2) is 5.49. The number of aliphatic carboxylic acids is 1. The molecule has 0 saturated carbocycles. The number of carbonyl (C=O) groups is 1. The van der Waals surface area contributed by atoms with Crippen LogP contribution in [0.15, 0.2) is 22.8 Å². The van der Waals surface area contributed by atoms with Gasteiger partial charge in [-0.25, -0.2) is 4.79 Å². The Balaban J connectivity index is 2.43. The fourth-order valence-corrected chi connectivity index (χ4v) is 3.58. The molecule has 19 heavy (non-hydrogen) atoms. The van der Waals surface area contributed by atoms with Crippen molar-refractivity contribution in [1.82, 2.24) is 0 Å². The fraction of sp³-hybridized carbons (Fsp3) is 0.688. The molecule has 1 N–H and O–H groups in total. The Bertz CT molecular complexity index is 431. The predicted molar refractivity (Wildman–Crippen MR) is 74.9 cm³/mol. The van der Waals surface area contributed by atoms with Crippen molar-refractivity contribution < 1.29 is 14.6 Å². The average Bonchev–Trinajstić information content (AvgIpc) is 2.37. The third kappa shape index (κ3) is 2.62. The first-order valence-electron chi connectivity index (χ1n) is 7.12. The van der Waals surface area contributed by atoms with Crippen LogP contribution in [-0.4, -0.2) is 24.3 Å². The summed E-state index contributed by atoms with van der Waals surface area (Å²) in [5, 5.41) is 9.36. The smallest absolute Gasteiger partial charge is 0.333 e. The molecule has 3 atom stereocenters.